The van der Waals surface area contributed by atoms with Gasteiger partial charge in [0.15, 0.2) is 12.4 Å². The van der Waals surface area contributed by atoms with Crippen LogP contribution in [0.25, 0.3) is 0 Å². The summed E-state index contributed by atoms with van der Waals surface area (Å²) < 4.78 is 10.0. The number of rotatable bonds is 12. The number of benzene rings is 1. The number of ether oxygens (including phenoxy) is 2. The number of hydrogen-bond acceptors (Lipinski definition) is 8. The van der Waals surface area contributed by atoms with Gasteiger partial charge in [0.1, 0.15) is 5.75 Å². The zero-order valence-electron chi connectivity index (χ0n) is 17.5. The number of aliphatic hydroxyl groups excluding tert-OH is 2. The SMILES string of the molecule is CC(=O)Oc1ccc(CCC(=O)OC(C(N)=O)C(C(O)O)C(O)CCC(C)C)cc1. The molecule has 30 heavy (non-hydrogen) atoms. The van der Waals surface area contributed by atoms with Crippen molar-refractivity contribution in [3.05, 3.63) is 29.8 Å². The normalized spacial score (nSPS) is 14.3. The van der Waals surface area contributed by atoms with Gasteiger partial charge in [0.2, 0.25) is 0 Å². The summed E-state index contributed by atoms with van der Waals surface area (Å²) in [4.78, 5) is 34.9. The number of primary amides is 1. The van der Waals surface area contributed by atoms with Gasteiger partial charge in [-0.1, -0.05) is 26.0 Å². The molecule has 1 rings (SSSR count). The van der Waals surface area contributed by atoms with Crippen LogP contribution >= 0.6 is 0 Å². The van der Waals surface area contributed by atoms with Gasteiger partial charge in [-0.05, 0) is 42.9 Å². The van der Waals surface area contributed by atoms with Gasteiger partial charge in [-0.25, -0.2) is 0 Å². The topological polar surface area (TPSA) is 156 Å². The van der Waals surface area contributed by atoms with Crippen LogP contribution in [0, 0.1) is 11.8 Å². The first-order valence-electron chi connectivity index (χ1n) is 9.81. The predicted octanol–water partition coefficient (Wildman–Crippen LogP) is 0.666. The van der Waals surface area contributed by atoms with Crippen LogP contribution in [0.15, 0.2) is 24.3 Å². The zero-order valence-corrected chi connectivity index (χ0v) is 17.5. The summed E-state index contributed by atoms with van der Waals surface area (Å²) in [5.74, 6) is -3.12. The number of esters is 2. The number of carbonyl (C=O) groups excluding carboxylic acids is 3. The van der Waals surface area contributed by atoms with E-state index in [0.29, 0.717) is 12.2 Å². The van der Waals surface area contributed by atoms with Crippen molar-refractivity contribution >= 4 is 17.8 Å². The summed E-state index contributed by atoms with van der Waals surface area (Å²) in [6.45, 7) is 5.15. The Morgan fingerprint density at radius 3 is 2.10 bits per heavy atom. The minimum atomic E-state index is -2.09. The second-order valence-corrected chi connectivity index (χ2v) is 7.58. The third-order valence-electron chi connectivity index (χ3n) is 4.52. The van der Waals surface area contributed by atoms with E-state index in [2.05, 4.69) is 0 Å². The van der Waals surface area contributed by atoms with Crippen molar-refractivity contribution in [2.45, 2.75) is 65.0 Å². The van der Waals surface area contributed by atoms with Crippen molar-refractivity contribution in [1.29, 1.82) is 0 Å². The van der Waals surface area contributed by atoms with Gasteiger partial charge in [-0.15, -0.1) is 0 Å². The molecular formula is C21H31NO8. The van der Waals surface area contributed by atoms with E-state index in [0.717, 1.165) is 5.56 Å². The number of amides is 1. The average Bonchev–Trinajstić information content (AvgIpc) is 2.64. The average molecular weight is 425 g/mol. The third-order valence-corrected chi connectivity index (χ3v) is 4.52. The van der Waals surface area contributed by atoms with Crippen molar-refractivity contribution in [2.24, 2.45) is 17.6 Å². The van der Waals surface area contributed by atoms with Crippen molar-refractivity contribution in [3.8, 4) is 5.75 Å². The fourth-order valence-electron chi connectivity index (χ4n) is 2.92. The van der Waals surface area contributed by atoms with E-state index in [-0.39, 0.29) is 25.2 Å². The molecule has 0 spiro atoms. The first-order chi connectivity index (χ1) is 14.0. The van der Waals surface area contributed by atoms with E-state index in [1.807, 2.05) is 13.8 Å². The van der Waals surface area contributed by atoms with Gasteiger partial charge in [0, 0.05) is 13.3 Å². The highest BCUT2D eigenvalue weighted by Gasteiger charge is 2.39. The molecule has 3 atom stereocenters. The lowest BCUT2D eigenvalue weighted by atomic mass is 9.89. The van der Waals surface area contributed by atoms with Crippen LogP contribution in [0.1, 0.15) is 45.6 Å². The van der Waals surface area contributed by atoms with Gasteiger partial charge < -0.3 is 30.5 Å². The summed E-state index contributed by atoms with van der Waals surface area (Å²) in [7, 11) is 0. The Bertz CT molecular complexity index is 701. The van der Waals surface area contributed by atoms with Crippen LogP contribution in [0.3, 0.4) is 0 Å². The molecule has 0 aliphatic rings. The maximum atomic E-state index is 12.2. The molecule has 3 unspecified atom stereocenters. The number of aliphatic hydroxyl groups is 3. The molecule has 1 amide bonds. The van der Waals surface area contributed by atoms with E-state index in [1.54, 1.807) is 24.3 Å². The van der Waals surface area contributed by atoms with Crippen LogP contribution in [-0.4, -0.2) is 51.7 Å². The zero-order chi connectivity index (χ0) is 22.8. The summed E-state index contributed by atoms with van der Waals surface area (Å²) >= 11 is 0. The predicted molar refractivity (Wildman–Crippen MR) is 107 cm³/mol. The van der Waals surface area contributed by atoms with E-state index >= 15 is 0 Å². The number of aryl methyl sites for hydroxylation is 1. The Morgan fingerprint density at radius 2 is 1.63 bits per heavy atom. The second-order valence-electron chi connectivity index (χ2n) is 7.58. The van der Waals surface area contributed by atoms with E-state index in [4.69, 9.17) is 15.2 Å². The minimum Gasteiger partial charge on any atom is -0.452 e. The lowest BCUT2D eigenvalue weighted by Gasteiger charge is -2.30. The molecule has 0 fully saturated rings. The quantitative estimate of drug-likeness (QED) is 0.216. The first kappa shape index (κ1) is 25.5. The molecule has 0 aromatic heterocycles. The minimum absolute atomic E-state index is 0.104. The van der Waals surface area contributed by atoms with Crippen LogP contribution < -0.4 is 10.5 Å². The van der Waals surface area contributed by atoms with E-state index in [1.165, 1.54) is 6.92 Å². The fraction of sp³-hybridized carbons (Fsp3) is 0.571. The number of nitrogens with two attached hydrogens (primary N) is 1. The van der Waals surface area contributed by atoms with E-state index < -0.39 is 42.3 Å². The fourth-order valence-corrected chi connectivity index (χ4v) is 2.92. The van der Waals surface area contributed by atoms with E-state index in [9.17, 15) is 29.7 Å². The molecule has 9 heteroatoms. The Labute approximate surface area is 175 Å². The maximum absolute atomic E-state index is 12.2. The highest BCUT2D eigenvalue weighted by molar-refractivity contribution is 5.82. The maximum Gasteiger partial charge on any atom is 0.308 e. The molecule has 1 aromatic rings. The molecule has 0 bridgehead atoms. The lowest BCUT2D eigenvalue weighted by Crippen LogP contribution is -2.49. The Kier molecular flexibility index (Phi) is 10.4. The lowest BCUT2D eigenvalue weighted by molar-refractivity contribution is -0.184. The van der Waals surface area contributed by atoms with Crippen LogP contribution in [0.4, 0.5) is 0 Å². The van der Waals surface area contributed by atoms with Crippen LogP contribution in [0.2, 0.25) is 0 Å². The Morgan fingerprint density at radius 1 is 1.03 bits per heavy atom. The highest BCUT2D eigenvalue weighted by Crippen LogP contribution is 2.22. The Hall–Kier alpha value is -2.49. The smallest absolute Gasteiger partial charge is 0.308 e. The van der Waals surface area contributed by atoms with Gasteiger partial charge in [0.05, 0.1) is 12.0 Å². The third kappa shape index (κ3) is 8.89. The summed E-state index contributed by atoms with van der Waals surface area (Å²) in [6.07, 6.45) is -4.12. The van der Waals surface area contributed by atoms with Crippen molar-refractivity contribution < 1.29 is 39.2 Å². The van der Waals surface area contributed by atoms with Gasteiger partial charge in [-0.3, -0.25) is 14.4 Å². The van der Waals surface area contributed by atoms with Crippen molar-refractivity contribution in [1.82, 2.24) is 0 Å². The number of hydrogen-bond donors (Lipinski definition) is 4. The molecule has 168 valence electrons. The highest BCUT2D eigenvalue weighted by atomic mass is 16.6. The summed E-state index contributed by atoms with van der Waals surface area (Å²) in [6, 6.07) is 6.51. The molecule has 0 saturated heterocycles. The monoisotopic (exact) mass is 425 g/mol. The summed E-state index contributed by atoms with van der Waals surface area (Å²) in [5, 5.41) is 29.6. The molecule has 0 heterocycles. The van der Waals surface area contributed by atoms with Crippen LogP contribution in [0.5, 0.6) is 5.75 Å². The van der Waals surface area contributed by atoms with Gasteiger partial charge in [0.25, 0.3) is 5.91 Å². The molecule has 0 saturated carbocycles. The van der Waals surface area contributed by atoms with Crippen molar-refractivity contribution in [2.75, 3.05) is 0 Å². The number of carbonyl (C=O) groups is 3. The molecule has 0 radical (unpaired) electrons. The van der Waals surface area contributed by atoms with Crippen LogP contribution in [-0.2, 0) is 25.5 Å². The van der Waals surface area contributed by atoms with Gasteiger partial charge in [-0.2, -0.15) is 0 Å². The summed E-state index contributed by atoms with van der Waals surface area (Å²) in [5.41, 5.74) is 6.05. The molecule has 0 aliphatic carbocycles. The molecular weight excluding hydrogens is 394 g/mol. The Balaban J connectivity index is 2.73. The molecule has 0 aliphatic heterocycles. The first-order valence-corrected chi connectivity index (χ1v) is 9.81. The molecule has 9 nitrogen and oxygen atoms in total. The molecule has 1 aromatic carbocycles. The van der Waals surface area contributed by atoms with Crippen molar-refractivity contribution in [3.63, 3.8) is 0 Å². The molecule has 5 N–H and O–H groups in total. The standard InChI is InChI=1S/C21H31NO8/c1-12(2)4-10-16(24)18(21(27)28)19(20(22)26)30-17(25)11-7-14-5-8-15(9-6-14)29-13(3)23/h5-6,8-9,12,16,18-19,21,24,27-28H,4,7,10-11H2,1-3H3,(H2,22,26). The largest absolute Gasteiger partial charge is 0.452 e. The van der Waals surface area contributed by atoms with Gasteiger partial charge >= 0.3 is 11.9 Å². The second kappa shape index (κ2) is 12.3.